The fraction of sp³-hybridized carbons (Fsp3) is 0.308. The molecular formula is C13H15FN2S. The summed E-state index contributed by atoms with van der Waals surface area (Å²) in [6.07, 6.45) is 0.533. The van der Waals surface area contributed by atoms with Crippen LogP contribution < -0.4 is 5.73 Å². The normalized spacial score (nSPS) is 12.7. The lowest BCUT2D eigenvalue weighted by atomic mass is 10.1. The van der Waals surface area contributed by atoms with E-state index in [0.717, 1.165) is 15.6 Å². The summed E-state index contributed by atoms with van der Waals surface area (Å²) in [5, 5.41) is 0.917. The van der Waals surface area contributed by atoms with E-state index in [1.165, 1.54) is 6.07 Å². The van der Waals surface area contributed by atoms with Crippen molar-refractivity contribution in [3.63, 3.8) is 0 Å². The van der Waals surface area contributed by atoms with E-state index in [1.54, 1.807) is 23.5 Å². The van der Waals surface area contributed by atoms with Gasteiger partial charge in [0, 0.05) is 17.3 Å². The Kier molecular flexibility index (Phi) is 3.54. The highest BCUT2D eigenvalue weighted by Crippen LogP contribution is 2.25. The zero-order valence-electron chi connectivity index (χ0n) is 9.90. The molecule has 2 rings (SSSR count). The Bertz CT molecular complexity index is 520. The highest BCUT2D eigenvalue weighted by molar-refractivity contribution is 7.11. The van der Waals surface area contributed by atoms with Gasteiger partial charge in [-0.25, -0.2) is 9.37 Å². The van der Waals surface area contributed by atoms with Crippen LogP contribution in [0.5, 0.6) is 0 Å². The average molecular weight is 250 g/mol. The van der Waals surface area contributed by atoms with Crippen molar-refractivity contribution < 1.29 is 4.39 Å². The molecule has 0 amide bonds. The summed E-state index contributed by atoms with van der Waals surface area (Å²) in [6.45, 7) is 3.88. The molecule has 0 bridgehead atoms. The second-order valence-electron chi connectivity index (χ2n) is 4.11. The highest BCUT2D eigenvalue weighted by Gasteiger charge is 2.12. The number of benzene rings is 1. The summed E-state index contributed by atoms with van der Waals surface area (Å²) < 4.78 is 13.5. The molecule has 0 saturated heterocycles. The van der Waals surface area contributed by atoms with Crippen LogP contribution in [0.1, 0.15) is 34.1 Å². The minimum atomic E-state index is -0.178. The monoisotopic (exact) mass is 250 g/mol. The van der Waals surface area contributed by atoms with Gasteiger partial charge < -0.3 is 5.73 Å². The van der Waals surface area contributed by atoms with Crippen LogP contribution in [-0.4, -0.2) is 4.98 Å². The lowest BCUT2D eigenvalue weighted by Gasteiger charge is -2.00. The van der Waals surface area contributed by atoms with Crippen LogP contribution in [0, 0.1) is 12.7 Å². The van der Waals surface area contributed by atoms with Gasteiger partial charge in [-0.15, -0.1) is 11.3 Å². The third kappa shape index (κ3) is 2.70. The lowest BCUT2D eigenvalue weighted by molar-refractivity contribution is 0.614. The second kappa shape index (κ2) is 4.94. The Morgan fingerprint density at radius 2 is 2.12 bits per heavy atom. The van der Waals surface area contributed by atoms with Crippen molar-refractivity contribution in [2.24, 2.45) is 5.73 Å². The first-order chi connectivity index (χ1) is 8.08. The van der Waals surface area contributed by atoms with Crippen molar-refractivity contribution in [2.45, 2.75) is 26.3 Å². The molecule has 0 fully saturated rings. The van der Waals surface area contributed by atoms with E-state index in [4.69, 9.17) is 5.73 Å². The van der Waals surface area contributed by atoms with Crippen molar-refractivity contribution >= 4 is 11.3 Å². The van der Waals surface area contributed by atoms with Crippen LogP contribution in [0.3, 0.4) is 0 Å². The van der Waals surface area contributed by atoms with E-state index in [9.17, 15) is 4.39 Å². The number of nitrogens with two attached hydrogens (primary N) is 1. The van der Waals surface area contributed by atoms with E-state index >= 15 is 0 Å². The Morgan fingerprint density at radius 3 is 2.71 bits per heavy atom. The quantitative estimate of drug-likeness (QED) is 0.908. The Morgan fingerprint density at radius 1 is 1.41 bits per heavy atom. The smallest absolute Gasteiger partial charge is 0.126 e. The van der Waals surface area contributed by atoms with Crippen molar-refractivity contribution in [2.75, 3.05) is 0 Å². The van der Waals surface area contributed by atoms with Gasteiger partial charge in [-0.05, 0) is 25.5 Å². The zero-order chi connectivity index (χ0) is 12.4. The standard InChI is InChI=1S/C13H15FN2S/c1-8(15)13-9(2)16-12(17-13)7-10-5-3-4-6-11(10)14/h3-6,8H,7,15H2,1-2H3. The first-order valence-corrected chi connectivity index (χ1v) is 6.34. The summed E-state index contributed by atoms with van der Waals surface area (Å²) in [4.78, 5) is 5.52. The molecule has 0 radical (unpaired) electrons. The summed E-state index contributed by atoms with van der Waals surface area (Å²) in [5.41, 5.74) is 7.48. The molecule has 0 aliphatic rings. The predicted molar refractivity (Wildman–Crippen MR) is 68.7 cm³/mol. The number of rotatable bonds is 3. The number of aryl methyl sites for hydroxylation is 1. The van der Waals surface area contributed by atoms with Gasteiger partial charge >= 0.3 is 0 Å². The number of hydrogen-bond acceptors (Lipinski definition) is 3. The molecule has 90 valence electrons. The molecular weight excluding hydrogens is 235 g/mol. The minimum absolute atomic E-state index is 0.0122. The molecule has 0 spiro atoms. The lowest BCUT2D eigenvalue weighted by Crippen LogP contribution is -2.03. The Hall–Kier alpha value is -1.26. The first kappa shape index (κ1) is 12.2. The van der Waals surface area contributed by atoms with E-state index in [2.05, 4.69) is 4.98 Å². The molecule has 1 aromatic heterocycles. The highest BCUT2D eigenvalue weighted by atomic mass is 32.1. The maximum absolute atomic E-state index is 13.5. The van der Waals surface area contributed by atoms with Crippen LogP contribution in [-0.2, 0) is 6.42 Å². The first-order valence-electron chi connectivity index (χ1n) is 5.53. The molecule has 1 atom stereocenters. The number of hydrogen-bond donors (Lipinski definition) is 1. The van der Waals surface area contributed by atoms with Gasteiger partial charge in [0.05, 0.1) is 10.7 Å². The maximum atomic E-state index is 13.5. The summed E-state index contributed by atoms with van der Waals surface area (Å²) in [6, 6.07) is 6.78. The van der Waals surface area contributed by atoms with Gasteiger partial charge in [0.25, 0.3) is 0 Å². The van der Waals surface area contributed by atoms with Gasteiger partial charge in [-0.3, -0.25) is 0 Å². The van der Waals surface area contributed by atoms with Gasteiger partial charge in [-0.1, -0.05) is 18.2 Å². The van der Waals surface area contributed by atoms with Gasteiger partial charge in [-0.2, -0.15) is 0 Å². The van der Waals surface area contributed by atoms with Crippen molar-refractivity contribution in [3.05, 3.63) is 51.2 Å². The molecule has 4 heteroatoms. The Labute approximate surface area is 104 Å². The minimum Gasteiger partial charge on any atom is -0.323 e. The van der Waals surface area contributed by atoms with Gasteiger partial charge in [0.2, 0.25) is 0 Å². The van der Waals surface area contributed by atoms with E-state index in [-0.39, 0.29) is 11.9 Å². The molecule has 2 N–H and O–H groups in total. The summed E-state index contributed by atoms with van der Waals surface area (Å²) in [7, 11) is 0. The van der Waals surface area contributed by atoms with Crippen LogP contribution in [0.15, 0.2) is 24.3 Å². The summed E-state index contributed by atoms with van der Waals surface area (Å²) in [5.74, 6) is -0.178. The summed E-state index contributed by atoms with van der Waals surface area (Å²) >= 11 is 1.57. The second-order valence-corrected chi connectivity index (χ2v) is 5.23. The number of nitrogens with zero attached hydrogens (tertiary/aromatic N) is 1. The third-order valence-corrected chi connectivity index (χ3v) is 3.95. The molecule has 17 heavy (non-hydrogen) atoms. The zero-order valence-corrected chi connectivity index (χ0v) is 10.7. The molecule has 2 nitrogen and oxygen atoms in total. The number of thiazole rings is 1. The molecule has 1 heterocycles. The van der Waals surface area contributed by atoms with Crippen LogP contribution in [0.2, 0.25) is 0 Å². The van der Waals surface area contributed by atoms with Crippen molar-refractivity contribution in [1.82, 2.24) is 4.98 Å². The maximum Gasteiger partial charge on any atom is 0.126 e. The molecule has 0 aliphatic carbocycles. The SMILES string of the molecule is Cc1nc(Cc2ccccc2F)sc1C(C)N. The van der Waals surface area contributed by atoms with E-state index in [0.29, 0.717) is 12.0 Å². The third-order valence-electron chi connectivity index (χ3n) is 2.59. The fourth-order valence-corrected chi connectivity index (χ4v) is 2.81. The topological polar surface area (TPSA) is 38.9 Å². The molecule has 0 aliphatic heterocycles. The molecule has 1 unspecified atom stereocenters. The van der Waals surface area contributed by atoms with Crippen molar-refractivity contribution in [1.29, 1.82) is 0 Å². The van der Waals surface area contributed by atoms with E-state index < -0.39 is 0 Å². The Balaban J connectivity index is 2.25. The van der Waals surface area contributed by atoms with Gasteiger partial charge in [0.15, 0.2) is 0 Å². The molecule has 2 aromatic rings. The van der Waals surface area contributed by atoms with Gasteiger partial charge in [0.1, 0.15) is 5.82 Å². The largest absolute Gasteiger partial charge is 0.323 e. The van der Waals surface area contributed by atoms with Crippen LogP contribution in [0.4, 0.5) is 4.39 Å². The average Bonchev–Trinajstić information content (AvgIpc) is 2.63. The van der Waals surface area contributed by atoms with E-state index in [1.807, 2.05) is 19.9 Å². The fourth-order valence-electron chi connectivity index (χ4n) is 1.77. The van der Waals surface area contributed by atoms with Crippen LogP contribution >= 0.6 is 11.3 Å². The van der Waals surface area contributed by atoms with Crippen molar-refractivity contribution in [3.8, 4) is 0 Å². The van der Waals surface area contributed by atoms with Crippen LogP contribution in [0.25, 0.3) is 0 Å². The molecule has 0 saturated carbocycles. The molecule has 1 aromatic carbocycles. The number of aromatic nitrogens is 1. The number of halogens is 1. The predicted octanol–water partition coefficient (Wildman–Crippen LogP) is 3.20.